The van der Waals surface area contributed by atoms with Crippen molar-refractivity contribution in [1.82, 2.24) is 49.9 Å². The number of hydrogen-bond acceptors (Lipinski definition) is 8. The fourth-order valence-corrected chi connectivity index (χ4v) is 5.25. The van der Waals surface area contributed by atoms with Gasteiger partial charge in [0, 0.05) is 47.8 Å². The van der Waals surface area contributed by atoms with Gasteiger partial charge < -0.3 is 10.6 Å². The molecule has 48 heavy (non-hydrogen) atoms. The van der Waals surface area contributed by atoms with E-state index in [1.165, 1.54) is 25.7 Å². The lowest BCUT2D eigenvalue weighted by atomic mass is 10.3. The molecule has 0 bridgehead atoms. The molecule has 0 radical (unpaired) electrons. The molecule has 2 aliphatic carbocycles. The highest BCUT2D eigenvalue weighted by molar-refractivity contribution is 6.29. The molecule has 2 amide bonds. The number of carbonyl (C=O) groups is 2. The highest BCUT2D eigenvalue weighted by Crippen LogP contribution is 2.40. The molecule has 8 rings (SSSR count). The molecule has 6 aromatic rings. The van der Waals surface area contributed by atoms with Gasteiger partial charge in [0.15, 0.2) is 23.3 Å². The van der Waals surface area contributed by atoms with Crippen LogP contribution in [0.15, 0.2) is 73.1 Å². The van der Waals surface area contributed by atoms with Gasteiger partial charge in [0.2, 0.25) is 11.8 Å². The highest BCUT2D eigenvalue weighted by atomic mass is 35.5. The minimum absolute atomic E-state index is 0.159. The molecular formula is C32H30Cl2N12O2. The second kappa shape index (κ2) is 13.8. The fourth-order valence-electron chi connectivity index (χ4n) is 4.93. The molecule has 0 unspecified atom stereocenters. The number of aromatic nitrogens is 10. The summed E-state index contributed by atoms with van der Waals surface area (Å²) in [7, 11) is 0. The second-order valence-electron chi connectivity index (χ2n) is 11.6. The van der Waals surface area contributed by atoms with Crippen LogP contribution in [-0.2, 0) is 22.4 Å². The standard InChI is InChI=1S/2C16H15ClN6O/c2*17-13-2-1-3-15(18-13)23-7-6-11(22-23)8-16(24)19-14-9-12(20-21-14)10-4-5-10/h2*1-3,6-7,9-10H,4-5,8H2,(H2,19,20,21,24). The Kier molecular flexibility index (Phi) is 8.99. The van der Waals surface area contributed by atoms with E-state index in [-0.39, 0.29) is 24.7 Å². The van der Waals surface area contributed by atoms with Gasteiger partial charge in [-0.1, -0.05) is 35.3 Å². The van der Waals surface area contributed by atoms with Crippen molar-refractivity contribution in [3.63, 3.8) is 0 Å². The number of pyridine rings is 2. The number of halogens is 2. The van der Waals surface area contributed by atoms with Gasteiger partial charge in [0.1, 0.15) is 10.3 Å². The monoisotopic (exact) mass is 684 g/mol. The van der Waals surface area contributed by atoms with E-state index in [9.17, 15) is 9.59 Å². The third-order valence-electron chi connectivity index (χ3n) is 7.61. The molecule has 0 saturated heterocycles. The van der Waals surface area contributed by atoms with Crippen LogP contribution in [0, 0.1) is 0 Å². The molecule has 0 atom stereocenters. The Morgan fingerprint density at radius 2 is 1.12 bits per heavy atom. The number of hydrogen-bond donors (Lipinski definition) is 4. The van der Waals surface area contributed by atoms with Crippen molar-refractivity contribution in [2.75, 3.05) is 10.6 Å². The Labute approximate surface area is 284 Å². The maximum atomic E-state index is 12.1. The van der Waals surface area contributed by atoms with Gasteiger partial charge >= 0.3 is 0 Å². The Bertz CT molecular complexity index is 1910. The molecule has 0 aromatic carbocycles. The summed E-state index contributed by atoms with van der Waals surface area (Å²) in [6.45, 7) is 0. The lowest BCUT2D eigenvalue weighted by Gasteiger charge is -2.01. The number of aromatic amines is 2. The van der Waals surface area contributed by atoms with Gasteiger partial charge in [-0.25, -0.2) is 19.3 Å². The first-order chi connectivity index (χ1) is 23.3. The number of amides is 2. The first-order valence-corrected chi connectivity index (χ1v) is 16.2. The predicted molar refractivity (Wildman–Crippen MR) is 179 cm³/mol. The van der Waals surface area contributed by atoms with E-state index >= 15 is 0 Å². The highest BCUT2D eigenvalue weighted by Gasteiger charge is 2.26. The molecule has 6 heterocycles. The van der Waals surface area contributed by atoms with Gasteiger partial charge in [-0.3, -0.25) is 19.8 Å². The molecule has 2 aliphatic rings. The Balaban J connectivity index is 0.000000152. The molecule has 0 spiro atoms. The molecule has 2 saturated carbocycles. The number of nitrogens with zero attached hydrogens (tertiary/aromatic N) is 8. The van der Waals surface area contributed by atoms with Crippen LogP contribution < -0.4 is 10.6 Å². The van der Waals surface area contributed by atoms with Crippen LogP contribution in [0.4, 0.5) is 11.6 Å². The molecular weight excluding hydrogens is 655 g/mol. The van der Waals surface area contributed by atoms with Crippen molar-refractivity contribution in [1.29, 1.82) is 0 Å². The van der Waals surface area contributed by atoms with Crippen LogP contribution in [0.2, 0.25) is 10.3 Å². The summed E-state index contributed by atoms with van der Waals surface area (Å²) in [4.78, 5) is 32.6. The van der Waals surface area contributed by atoms with Crippen molar-refractivity contribution in [2.24, 2.45) is 0 Å². The largest absolute Gasteiger partial charge is 0.309 e. The smallest absolute Gasteiger partial charge is 0.231 e. The fraction of sp³-hybridized carbons (Fsp3) is 0.250. The number of rotatable bonds is 10. The van der Waals surface area contributed by atoms with E-state index < -0.39 is 0 Å². The molecule has 2 fully saturated rings. The zero-order chi connectivity index (χ0) is 33.0. The molecule has 14 nitrogen and oxygen atoms in total. The first kappa shape index (κ1) is 31.3. The van der Waals surface area contributed by atoms with Crippen LogP contribution in [0.1, 0.15) is 60.3 Å². The average Bonchev–Trinajstić information content (AvgIpc) is 3.87. The number of H-pyrrole nitrogens is 2. The second-order valence-corrected chi connectivity index (χ2v) is 12.3. The van der Waals surface area contributed by atoms with E-state index in [2.05, 4.69) is 51.2 Å². The van der Waals surface area contributed by atoms with Crippen LogP contribution in [-0.4, -0.2) is 61.7 Å². The molecule has 6 aromatic heterocycles. The summed E-state index contributed by atoms with van der Waals surface area (Å²) in [5.41, 5.74) is 3.46. The normalized spacial score (nSPS) is 13.9. The number of carbonyl (C=O) groups excluding carboxylic acids is 2. The molecule has 244 valence electrons. The number of nitrogens with one attached hydrogen (secondary N) is 4. The Morgan fingerprint density at radius 3 is 1.52 bits per heavy atom. The van der Waals surface area contributed by atoms with Crippen LogP contribution in [0.3, 0.4) is 0 Å². The third-order valence-corrected chi connectivity index (χ3v) is 8.03. The van der Waals surface area contributed by atoms with Crippen LogP contribution >= 0.6 is 23.2 Å². The summed E-state index contributed by atoms with van der Waals surface area (Å²) in [5.74, 6) is 3.15. The van der Waals surface area contributed by atoms with E-state index in [1.54, 1.807) is 70.3 Å². The summed E-state index contributed by atoms with van der Waals surface area (Å²) >= 11 is 11.8. The first-order valence-electron chi connectivity index (χ1n) is 15.4. The zero-order valence-electron chi connectivity index (χ0n) is 25.5. The summed E-state index contributed by atoms with van der Waals surface area (Å²) in [6, 6.07) is 17.9. The Morgan fingerprint density at radius 1 is 0.688 bits per heavy atom. The van der Waals surface area contributed by atoms with Gasteiger partial charge in [-0.05, 0) is 62.1 Å². The van der Waals surface area contributed by atoms with Crippen molar-refractivity contribution < 1.29 is 9.59 Å². The quantitative estimate of drug-likeness (QED) is 0.139. The third kappa shape index (κ3) is 8.14. The predicted octanol–water partition coefficient (Wildman–Crippen LogP) is 5.40. The maximum absolute atomic E-state index is 12.1. The summed E-state index contributed by atoms with van der Waals surface area (Å²) in [6.07, 6.45) is 8.57. The van der Waals surface area contributed by atoms with Gasteiger partial charge in [0.25, 0.3) is 0 Å². The molecule has 16 heteroatoms. The maximum Gasteiger partial charge on any atom is 0.231 e. The van der Waals surface area contributed by atoms with Crippen LogP contribution in [0.5, 0.6) is 0 Å². The zero-order valence-corrected chi connectivity index (χ0v) is 27.0. The average molecular weight is 686 g/mol. The van der Waals surface area contributed by atoms with E-state index in [4.69, 9.17) is 23.2 Å². The lowest BCUT2D eigenvalue weighted by Crippen LogP contribution is -2.15. The lowest BCUT2D eigenvalue weighted by molar-refractivity contribution is -0.116. The van der Waals surface area contributed by atoms with Crippen molar-refractivity contribution in [2.45, 2.75) is 50.4 Å². The minimum atomic E-state index is -0.159. The van der Waals surface area contributed by atoms with Gasteiger partial charge in [-0.15, -0.1) is 0 Å². The number of anilines is 2. The van der Waals surface area contributed by atoms with Crippen molar-refractivity contribution >= 4 is 46.7 Å². The summed E-state index contributed by atoms with van der Waals surface area (Å²) < 4.78 is 3.18. The minimum Gasteiger partial charge on any atom is -0.309 e. The Hall–Kier alpha value is -5.34. The topological polar surface area (TPSA) is 177 Å². The van der Waals surface area contributed by atoms with E-state index in [0.29, 0.717) is 56.8 Å². The SMILES string of the molecule is O=C(Cc1ccn(-c2cccc(Cl)n2)n1)Nc1cc(C2CC2)[nH]n1.O=C(Cc1ccn(-c2cccc(Cl)n2)n1)Nc1cc(C2CC2)[nH]n1. The van der Waals surface area contributed by atoms with Gasteiger partial charge in [-0.2, -0.15) is 20.4 Å². The van der Waals surface area contributed by atoms with Gasteiger partial charge in [0.05, 0.1) is 24.2 Å². The van der Waals surface area contributed by atoms with Crippen LogP contribution in [0.25, 0.3) is 11.6 Å². The van der Waals surface area contributed by atoms with E-state index in [1.807, 2.05) is 12.1 Å². The summed E-state index contributed by atoms with van der Waals surface area (Å²) in [5, 5.41) is 29.2. The van der Waals surface area contributed by atoms with E-state index in [0.717, 1.165) is 11.4 Å². The molecule has 4 N–H and O–H groups in total. The van der Waals surface area contributed by atoms with Crippen molar-refractivity contribution in [3.05, 3.63) is 106 Å². The van der Waals surface area contributed by atoms with Crippen molar-refractivity contribution in [3.8, 4) is 11.6 Å². The molecule has 0 aliphatic heterocycles.